The molecule has 1 fully saturated rings. The molecule has 0 aliphatic carbocycles. The number of likely N-dealkylation sites (N-methyl/N-ethyl adjacent to an activating group) is 2. The minimum atomic E-state index is 0.944. The second kappa shape index (κ2) is 4.26. The third-order valence-corrected chi connectivity index (χ3v) is 2.15. The van der Waals surface area contributed by atoms with E-state index in [1.807, 2.05) is 0 Å². The fourth-order valence-corrected chi connectivity index (χ4v) is 1.41. The van der Waals surface area contributed by atoms with Crippen molar-refractivity contribution in [2.24, 2.45) is 4.99 Å². The van der Waals surface area contributed by atoms with Crippen molar-refractivity contribution in [1.82, 2.24) is 9.80 Å². The highest BCUT2D eigenvalue weighted by atomic mass is 15.3. The Bertz CT molecular complexity index is 186. The summed E-state index contributed by atoms with van der Waals surface area (Å²) in [7, 11) is 2.12. The molecule has 3 heteroatoms. The SMILES string of the molecule is C=CN=C1CN(C)CCN1CC. The summed E-state index contributed by atoms with van der Waals surface area (Å²) < 4.78 is 0. The molecule has 0 aromatic rings. The maximum absolute atomic E-state index is 4.25. The Hall–Kier alpha value is -0.830. The van der Waals surface area contributed by atoms with Crippen LogP contribution in [0.1, 0.15) is 6.92 Å². The van der Waals surface area contributed by atoms with Crippen molar-refractivity contribution in [3.8, 4) is 0 Å². The first-order valence-corrected chi connectivity index (χ1v) is 4.39. The molecule has 3 nitrogen and oxygen atoms in total. The van der Waals surface area contributed by atoms with Crippen molar-refractivity contribution in [3.63, 3.8) is 0 Å². The van der Waals surface area contributed by atoms with E-state index in [4.69, 9.17) is 0 Å². The fraction of sp³-hybridized carbons (Fsp3) is 0.667. The zero-order valence-corrected chi connectivity index (χ0v) is 7.95. The van der Waals surface area contributed by atoms with Gasteiger partial charge in [0.15, 0.2) is 0 Å². The van der Waals surface area contributed by atoms with Crippen LogP contribution in [0.3, 0.4) is 0 Å². The van der Waals surface area contributed by atoms with Crippen molar-refractivity contribution in [1.29, 1.82) is 0 Å². The van der Waals surface area contributed by atoms with Crippen LogP contribution in [0.4, 0.5) is 0 Å². The highest BCUT2D eigenvalue weighted by Gasteiger charge is 2.17. The first-order chi connectivity index (χ1) is 5.77. The van der Waals surface area contributed by atoms with Gasteiger partial charge in [0.05, 0.1) is 6.54 Å². The summed E-state index contributed by atoms with van der Waals surface area (Å²) in [6.07, 6.45) is 1.62. The van der Waals surface area contributed by atoms with Gasteiger partial charge in [0.2, 0.25) is 0 Å². The van der Waals surface area contributed by atoms with E-state index < -0.39 is 0 Å². The Morgan fingerprint density at radius 1 is 1.58 bits per heavy atom. The molecular weight excluding hydrogens is 150 g/mol. The predicted octanol–water partition coefficient (Wildman–Crippen LogP) is 0.796. The van der Waals surface area contributed by atoms with E-state index in [1.165, 1.54) is 0 Å². The first kappa shape index (κ1) is 9.26. The second-order valence-electron chi connectivity index (χ2n) is 3.05. The van der Waals surface area contributed by atoms with Gasteiger partial charge in [-0.3, -0.25) is 4.90 Å². The summed E-state index contributed by atoms with van der Waals surface area (Å²) in [4.78, 5) is 8.82. The lowest BCUT2D eigenvalue weighted by molar-refractivity contribution is 0.271. The van der Waals surface area contributed by atoms with E-state index in [0.717, 1.165) is 32.0 Å². The van der Waals surface area contributed by atoms with Crippen molar-refractivity contribution in [2.75, 3.05) is 33.2 Å². The van der Waals surface area contributed by atoms with E-state index in [9.17, 15) is 0 Å². The molecule has 12 heavy (non-hydrogen) atoms. The number of amidine groups is 1. The molecule has 0 N–H and O–H groups in total. The molecule has 1 saturated heterocycles. The van der Waals surface area contributed by atoms with E-state index in [1.54, 1.807) is 6.20 Å². The van der Waals surface area contributed by atoms with Crippen LogP contribution in [0.15, 0.2) is 17.8 Å². The van der Waals surface area contributed by atoms with Crippen molar-refractivity contribution < 1.29 is 0 Å². The van der Waals surface area contributed by atoms with Crippen LogP contribution in [-0.2, 0) is 0 Å². The van der Waals surface area contributed by atoms with E-state index in [0.29, 0.717) is 0 Å². The van der Waals surface area contributed by atoms with Gasteiger partial charge in [-0.15, -0.1) is 0 Å². The molecule has 0 aromatic carbocycles. The molecule has 0 amide bonds. The third kappa shape index (κ3) is 2.08. The molecule has 0 atom stereocenters. The topological polar surface area (TPSA) is 18.8 Å². The molecule has 0 saturated carbocycles. The number of hydrogen-bond acceptors (Lipinski definition) is 2. The standard InChI is InChI=1S/C9H17N3/c1-4-10-9-8-11(3)6-7-12(9)5-2/h4H,1,5-8H2,2-3H3. The number of nitrogens with zero attached hydrogens (tertiary/aromatic N) is 3. The Morgan fingerprint density at radius 2 is 2.33 bits per heavy atom. The van der Waals surface area contributed by atoms with Gasteiger partial charge in [-0.1, -0.05) is 6.58 Å². The van der Waals surface area contributed by atoms with E-state index in [-0.39, 0.29) is 0 Å². The highest BCUT2D eigenvalue weighted by molar-refractivity contribution is 5.85. The Balaban J connectivity index is 2.64. The molecule has 68 valence electrons. The highest BCUT2D eigenvalue weighted by Crippen LogP contribution is 2.02. The molecule has 1 aliphatic heterocycles. The lowest BCUT2D eigenvalue weighted by Crippen LogP contribution is -2.48. The fourth-order valence-electron chi connectivity index (χ4n) is 1.41. The van der Waals surface area contributed by atoms with Crippen LogP contribution < -0.4 is 0 Å². The smallest absolute Gasteiger partial charge is 0.118 e. The second-order valence-corrected chi connectivity index (χ2v) is 3.05. The Labute approximate surface area is 74.4 Å². The average Bonchev–Trinajstić information content (AvgIpc) is 2.05. The minimum absolute atomic E-state index is 0.944. The molecule has 0 radical (unpaired) electrons. The maximum Gasteiger partial charge on any atom is 0.118 e. The van der Waals surface area contributed by atoms with Gasteiger partial charge in [-0.25, -0.2) is 4.99 Å². The van der Waals surface area contributed by atoms with Crippen molar-refractivity contribution in [3.05, 3.63) is 12.8 Å². The van der Waals surface area contributed by atoms with Gasteiger partial charge in [0.1, 0.15) is 5.84 Å². The maximum atomic E-state index is 4.25. The number of aliphatic imine (C=N–C) groups is 1. The van der Waals surface area contributed by atoms with Gasteiger partial charge in [-0.05, 0) is 14.0 Å². The summed E-state index contributed by atoms with van der Waals surface area (Å²) in [6, 6.07) is 0. The summed E-state index contributed by atoms with van der Waals surface area (Å²) >= 11 is 0. The molecule has 0 spiro atoms. The molecule has 0 unspecified atom stereocenters. The first-order valence-electron chi connectivity index (χ1n) is 4.39. The third-order valence-electron chi connectivity index (χ3n) is 2.15. The quantitative estimate of drug-likeness (QED) is 0.605. The zero-order chi connectivity index (χ0) is 8.97. The minimum Gasteiger partial charge on any atom is -0.358 e. The lowest BCUT2D eigenvalue weighted by Gasteiger charge is -2.34. The Morgan fingerprint density at radius 3 is 2.92 bits per heavy atom. The Kier molecular flexibility index (Phi) is 3.29. The van der Waals surface area contributed by atoms with Gasteiger partial charge in [0, 0.05) is 25.8 Å². The monoisotopic (exact) mass is 167 g/mol. The summed E-state index contributed by atoms with van der Waals surface area (Å²) in [5, 5.41) is 0. The average molecular weight is 167 g/mol. The van der Waals surface area contributed by atoms with Gasteiger partial charge in [0.25, 0.3) is 0 Å². The molecular formula is C9H17N3. The van der Waals surface area contributed by atoms with Crippen LogP contribution in [-0.4, -0.2) is 48.9 Å². The van der Waals surface area contributed by atoms with Gasteiger partial charge in [-0.2, -0.15) is 0 Å². The lowest BCUT2D eigenvalue weighted by atomic mass is 10.3. The molecule has 1 aliphatic rings. The molecule has 1 rings (SSSR count). The number of rotatable bonds is 2. The normalized spacial score (nSPS) is 23.2. The van der Waals surface area contributed by atoms with Crippen LogP contribution in [0.25, 0.3) is 0 Å². The van der Waals surface area contributed by atoms with E-state index >= 15 is 0 Å². The largest absolute Gasteiger partial charge is 0.358 e. The van der Waals surface area contributed by atoms with E-state index in [2.05, 4.69) is 35.3 Å². The number of hydrogen-bond donors (Lipinski definition) is 0. The van der Waals surface area contributed by atoms with Gasteiger partial charge < -0.3 is 4.90 Å². The summed E-state index contributed by atoms with van der Waals surface area (Å²) in [5.41, 5.74) is 0. The predicted molar refractivity (Wildman–Crippen MR) is 52.4 cm³/mol. The summed E-state index contributed by atoms with van der Waals surface area (Å²) in [5.74, 6) is 1.14. The van der Waals surface area contributed by atoms with Crippen LogP contribution in [0.2, 0.25) is 0 Å². The number of piperazine rings is 1. The van der Waals surface area contributed by atoms with Crippen molar-refractivity contribution in [2.45, 2.75) is 6.92 Å². The molecule has 0 aromatic heterocycles. The van der Waals surface area contributed by atoms with Crippen molar-refractivity contribution >= 4 is 5.84 Å². The molecule has 0 bridgehead atoms. The zero-order valence-electron chi connectivity index (χ0n) is 7.95. The van der Waals surface area contributed by atoms with Crippen LogP contribution in [0, 0.1) is 0 Å². The van der Waals surface area contributed by atoms with Crippen LogP contribution in [0.5, 0.6) is 0 Å². The molecule has 1 heterocycles. The van der Waals surface area contributed by atoms with Crippen LogP contribution >= 0.6 is 0 Å². The summed E-state index contributed by atoms with van der Waals surface area (Å²) in [6.45, 7) is 9.97. The van der Waals surface area contributed by atoms with Gasteiger partial charge >= 0.3 is 0 Å².